The third-order valence-corrected chi connectivity index (χ3v) is 2.36. The van der Waals surface area contributed by atoms with Gasteiger partial charge < -0.3 is 15.2 Å². The van der Waals surface area contributed by atoms with Gasteiger partial charge in [-0.05, 0) is 18.2 Å². The second-order valence-electron chi connectivity index (χ2n) is 3.32. The summed E-state index contributed by atoms with van der Waals surface area (Å²) in [4.78, 5) is 11.0. The van der Waals surface area contributed by atoms with E-state index in [0.717, 1.165) is 0 Å². The molecule has 5 heteroatoms. The molecule has 0 saturated heterocycles. The van der Waals surface area contributed by atoms with Gasteiger partial charge in [0, 0.05) is 17.5 Å². The van der Waals surface area contributed by atoms with Gasteiger partial charge in [0.05, 0.1) is 19.8 Å². The molecule has 0 fully saturated rings. The second kappa shape index (κ2) is 5.72. The SMILES string of the molecule is COc1ccc(Cl)cc1C(CO)NC(C)=O. The van der Waals surface area contributed by atoms with Crippen LogP contribution in [0.1, 0.15) is 18.5 Å². The Balaban J connectivity index is 3.06. The van der Waals surface area contributed by atoms with E-state index in [1.165, 1.54) is 14.0 Å². The summed E-state index contributed by atoms with van der Waals surface area (Å²) in [6.45, 7) is 1.18. The van der Waals surface area contributed by atoms with Gasteiger partial charge >= 0.3 is 0 Å². The van der Waals surface area contributed by atoms with Crippen LogP contribution >= 0.6 is 11.6 Å². The fourth-order valence-electron chi connectivity index (χ4n) is 1.44. The monoisotopic (exact) mass is 243 g/mol. The average molecular weight is 244 g/mol. The van der Waals surface area contributed by atoms with Crippen molar-refractivity contribution < 1.29 is 14.6 Å². The van der Waals surface area contributed by atoms with Crippen molar-refractivity contribution in [3.05, 3.63) is 28.8 Å². The van der Waals surface area contributed by atoms with E-state index in [-0.39, 0.29) is 12.5 Å². The minimum absolute atomic E-state index is 0.212. The van der Waals surface area contributed by atoms with Gasteiger partial charge in [0.15, 0.2) is 0 Å². The molecule has 0 aliphatic rings. The van der Waals surface area contributed by atoms with E-state index in [1.807, 2.05) is 0 Å². The van der Waals surface area contributed by atoms with Crippen LogP contribution in [0.15, 0.2) is 18.2 Å². The maximum atomic E-state index is 11.0. The van der Waals surface area contributed by atoms with E-state index >= 15 is 0 Å². The Hall–Kier alpha value is -1.26. The molecule has 0 radical (unpaired) electrons. The number of aliphatic hydroxyl groups is 1. The number of rotatable bonds is 4. The van der Waals surface area contributed by atoms with Gasteiger partial charge in [-0.3, -0.25) is 4.79 Å². The standard InChI is InChI=1S/C11H14ClNO3/c1-7(15)13-10(6-14)9-5-8(12)3-4-11(9)16-2/h3-5,10,14H,6H2,1-2H3,(H,13,15). The molecular formula is C11H14ClNO3. The van der Waals surface area contributed by atoms with Gasteiger partial charge in [-0.15, -0.1) is 0 Å². The molecule has 0 aliphatic carbocycles. The van der Waals surface area contributed by atoms with Crippen molar-refractivity contribution in [2.45, 2.75) is 13.0 Å². The molecule has 4 nitrogen and oxygen atoms in total. The Morgan fingerprint density at radius 3 is 2.81 bits per heavy atom. The van der Waals surface area contributed by atoms with E-state index in [2.05, 4.69) is 5.32 Å². The molecule has 88 valence electrons. The van der Waals surface area contributed by atoms with Crippen LogP contribution in [0, 0.1) is 0 Å². The maximum absolute atomic E-state index is 11.0. The zero-order valence-corrected chi connectivity index (χ0v) is 9.91. The van der Waals surface area contributed by atoms with Gasteiger partial charge in [0.25, 0.3) is 0 Å². The molecule has 1 atom stereocenters. The lowest BCUT2D eigenvalue weighted by atomic mass is 10.1. The summed E-state index contributed by atoms with van der Waals surface area (Å²) >= 11 is 5.86. The van der Waals surface area contributed by atoms with E-state index < -0.39 is 6.04 Å². The predicted molar refractivity (Wildman–Crippen MR) is 61.6 cm³/mol. The average Bonchev–Trinajstić information content (AvgIpc) is 2.25. The summed E-state index contributed by atoms with van der Waals surface area (Å²) in [6.07, 6.45) is 0. The highest BCUT2D eigenvalue weighted by Gasteiger charge is 2.16. The molecule has 1 aromatic carbocycles. The highest BCUT2D eigenvalue weighted by atomic mass is 35.5. The minimum atomic E-state index is -0.508. The van der Waals surface area contributed by atoms with E-state index in [1.54, 1.807) is 18.2 Å². The molecule has 0 spiro atoms. The maximum Gasteiger partial charge on any atom is 0.217 e. The van der Waals surface area contributed by atoms with E-state index in [9.17, 15) is 9.90 Å². The third kappa shape index (κ3) is 3.12. The first kappa shape index (κ1) is 12.8. The minimum Gasteiger partial charge on any atom is -0.496 e. The summed E-state index contributed by atoms with van der Waals surface area (Å²) < 4.78 is 5.14. The zero-order chi connectivity index (χ0) is 12.1. The van der Waals surface area contributed by atoms with Crippen molar-refractivity contribution in [2.24, 2.45) is 0 Å². The van der Waals surface area contributed by atoms with Crippen LogP contribution < -0.4 is 10.1 Å². The Bertz CT molecular complexity index is 381. The molecule has 0 aromatic heterocycles. The van der Waals surface area contributed by atoms with Crippen molar-refractivity contribution in [1.82, 2.24) is 5.32 Å². The van der Waals surface area contributed by atoms with Crippen molar-refractivity contribution in [2.75, 3.05) is 13.7 Å². The molecule has 0 saturated carbocycles. The van der Waals surface area contributed by atoms with E-state index in [0.29, 0.717) is 16.3 Å². The fraction of sp³-hybridized carbons (Fsp3) is 0.364. The van der Waals surface area contributed by atoms with Crippen LogP contribution in [-0.4, -0.2) is 24.7 Å². The fourth-order valence-corrected chi connectivity index (χ4v) is 1.63. The molecule has 1 amide bonds. The number of amides is 1. The number of aliphatic hydroxyl groups excluding tert-OH is 1. The van der Waals surface area contributed by atoms with Gasteiger partial charge in [-0.1, -0.05) is 11.6 Å². The highest BCUT2D eigenvalue weighted by molar-refractivity contribution is 6.30. The first-order chi connectivity index (χ1) is 7.58. The van der Waals surface area contributed by atoms with Crippen LogP contribution in [0.4, 0.5) is 0 Å². The van der Waals surface area contributed by atoms with Crippen LogP contribution in [-0.2, 0) is 4.79 Å². The number of carbonyl (C=O) groups is 1. The van der Waals surface area contributed by atoms with Gasteiger partial charge in [0.1, 0.15) is 5.75 Å². The van der Waals surface area contributed by atoms with Crippen molar-refractivity contribution in [3.63, 3.8) is 0 Å². The predicted octanol–water partition coefficient (Wildman–Crippen LogP) is 1.52. The number of methoxy groups -OCH3 is 1. The van der Waals surface area contributed by atoms with Crippen molar-refractivity contribution >= 4 is 17.5 Å². The number of nitrogens with one attached hydrogen (secondary N) is 1. The Labute approximate surface area is 99.2 Å². The highest BCUT2D eigenvalue weighted by Crippen LogP contribution is 2.28. The largest absolute Gasteiger partial charge is 0.496 e. The summed E-state index contributed by atoms with van der Waals surface area (Å²) in [6, 6.07) is 4.54. The second-order valence-corrected chi connectivity index (χ2v) is 3.76. The summed E-state index contributed by atoms with van der Waals surface area (Å²) in [5.41, 5.74) is 0.660. The summed E-state index contributed by atoms with van der Waals surface area (Å²) in [7, 11) is 1.52. The quantitative estimate of drug-likeness (QED) is 0.843. The Morgan fingerprint density at radius 1 is 1.62 bits per heavy atom. The smallest absolute Gasteiger partial charge is 0.217 e. The zero-order valence-electron chi connectivity index (χ0n) is 9.16. The number of carbonyl (C=O) groups excluding carboxylic acids is 1. The Kier molecular flexibility index (Phi) is 4.58. The van der Waals surface area contributed by atoms with Gasteiger partial charge in [0.2, 0.25) is 5.91 Å². The van der Waals surface area contributed by atoms with Gasteiger partial charge in [-0.2, -0.15) is 0 Å². The van der Waals surface area contributed by atoms with Crippen LogP contribution in [0.2, 0.25) is 5.02 Å². The molecule has 2 N–H and O–H groups in total. The van der Waals surface area contributed by atoms with Crippen LogP contribution in [0.25, 0.3) is 0 Å². The number of halogens is 1. The van der Waals surface area contributed by atoms with Crippen LogP contribution in [0.3, 0.4) is 0 Å². The lowest BCUT2D eigenvalue weighted by molar-refractivity contribution is -0.120. The first-order valence-electron chi connectivity index (χ1n) is 4.80. The molecule has 0 heterocycles. The molecule has 16 heavy (non-hydrogen) atoms. The first-order valence-corrected chi connectivity index (χ1v) is 5.17. The van der Waals surface area contributed by atoms with Gasteiger partial charge in [-0.25, -0.2) is 0 Å². The van der Waals surface area contributed by atoms with E-state index in [4.69, 9.17) is 16.3 Å². The van der Waals surface area contributed by atoms with Crippen LogP contribution in [0.5, 0.6) is 5.75 Å². The molecule has 1 aromatic rings. The summed E-state index contributed by atoms with van der Waals surface area (Å²) in [5.74, 6) is 0.360. The van der Waals surface area contributed by atoms with Crippen molar-refractivity contribution in [1.29, 1.82) is 0 Å². The number of benzene rings is 1. The molecular weight excluding hydrogens is 230 g/mol. The lowest BCUT2D eigenvalue weighted by Crippen LogP contribution is -2.28. The summed E-state index contributed by atoms with van der Waals surface area (Å²) in [5, 5.41) is 12.4. The number of hydrogen-bond acceptors (Lipinski definition) is 3. The number of hydrogen-bond donors (Lipinski definition) is 2. The molecule has 1 unspecified atom stereocenters. The third-order valence-electron chi connectivity index (χ3n) is 2.13. The Morgan fingerprint density at radius 2 is 2.31 bits per heavy atom. The molecule has 0 bridgehead atoms. The number of ether oxygens (including phenoxy) is 1. The van der Waals surface area contributed by atoms with Crippen molar-refractivity contribution in [3.8, 4) is 5.75 Å². The molecule has 1 rings (SSSR count). The lowest BCUT2D eigenvalue weighted by Gasteiger charge is -2.18. The topological polar surface area (TPSA) is 58.6 Å². The molecule has 0 aliphatic heterocycles. The normalized spacial score (nSPS) is 12.0.